The van der Waals surface area contributed by atoms with Crippen LogP contribution in [0.25, 0.3) is 0 Å². The third kappa shape index (κ3) is 4.02. The molecular weight excluding hydrogens is 306 g/mol. The fourth-order valence-corrected chi connectivity index (χ4v) is 3.24. The predicted octanol–water partition coefficient (Wildman–Crippen LogP) is 2.62. The summed E-state index contributed by atoms with van der Waals surface area (Å²) in [6.07, 6.45) is 4.08. The number of nitrogens with one attached hydrogen (secondary N) is 1. The quantitative estimate of drug-likeness (QED) is 0.752. The number of hydrogen-bond acceptors (Lipinski definition) is 3. The number of hydrogen-bond donors (Lipinski definition) is 3. The molecule has 0 aliphatic heterocycles. The highest BCUT2D eigenvalue weighted by Gasteiger charge is 2.32. The van der Waals surface area contributed by atoms with Gasteiger partial charge in [-0.1, -0.05) is 40.9 Å². The highest BCUT2D eigenvalue weighted by Crippen LogP contribution is 2.36. The van der Waals surface area contributed by atoms with E-state index in [1.54, 1.807) is 0 Å². The van der Waals surface area contributed by atoms with Gasteiger partial charge in [0.25, 0.3) is 0 Å². The third-order valence-electron chi connectivity index (χ3n) is 4.07. The summed E-state index contributed by atoms with van der Waals surface area (Å²) in [6.45, 7) is 1.56. The van der Waals surface area contributed by atoms with Crippen molar-refractivity contribution in [2.24, 2.45) is 5.41 Å². The molecule has 1 unspecified atom stereocenters. The van der Waals surface area contributed by atoms with Gasteiger partial charge in [0.15, 0.2) is 0 Å². The first-order valence-electron chi connectivity index (χ1n) is 6.90. The minimum Gasteiger partial charge on any atom is -0.396 e. The molecule has 1 aromatic rings. The van der Waals surface area contributed by atoms with Crippen LogP contribution in [-0.2, 0) is 0 Å². The van der Waals surface area contributed by atoms with Gasteiger partial charge in [-0.3, -0.25) is 0 Å². The van der Waals surface area contributed by atoms with Gasteiger partial charge in [-0.2, -0.15) is 0 Å². The maximum absolute atomic E-state index is 10.1. The summed E-state index contributed by atoms with van der Waals surface area (Å²) < 4.78 is 0.978. The van der Waals surface area contributed by atoms with Gasteiger partial charge in [-0.25, -0.2) is 0 Å². The Hall–Kier alpha value is -0.420. The molecule has 0 radical (unpaired) electrons. The van der Waals surface area contributed by atoms with Crippen LogP contribution in [0.5, 0.6) is 0 Å². The van der Waals surface area contributed by atoms with Crippen LogP contribution in [0.15, 0.2) is 28.7 Å². The molecule has 0 saturated heterocycles. The van der Waals surface area contributed by atoms with Gasteiger partial charge in [0, 0.05) is 29.6 Å². The molecule has 1 aromatic carbocycles. The van der Waals surface area contributed by atoms with Crippen LogP contribution in [0.2, 0.25) is 0 Å². The molecular formula is C15H22BrNO2. The van der Waals surface area contributed by atoms with Gasteiger partial charge in [-0.05, 0) is 30.5 Å². The van der Waals surface area contributed by atoms with Crippen molar-refractivity contribution in [1.82, 2.24) is 5.32 Å². The van der Waals surface area contributed by atoms with E-state index < -0.39 is 6.10 Å². The van der Waals surface area contributed by atoms with Gasteiger partial charge < -0.3 is 15.5 Å². The van der Waals surface area contributed by atoms with Crippen molar-refractivity contribution < 1.29 is 10.2 Å². The van der Waals surface area contributed by atoms with Crippen molar-refractivity contribution in [2.75, 3.05) is 19.7 Å². The van der Waals surface area contributed by atoms with Crippen LogP contribution in [0, 0.1) is 5.41 Å². The molecule has 0 bridgehead atoms. The summed E-state index contributed by atoms with van der Waals surface area (Å²) in [5, 5.41) is 23.0. The average Bonchev–Trinajstić information content (AvgIpc) is 2.88. The van der Waals surface area contributed by atoms with E-state index >= 15 is 0 Å². The summed E-state index contributed by atoms with van der Waals surface area (Å²) in [4.78, 5) is 0. The Balaban J connectivity index is 1.82. The zero-order valence-electron chi connectivity index (χ0n) is 11.1. The molecule has 0 amide bonds. The van der Waals surface area contributed by atoms with Crippen LogP contribution in [0.1, 0.15) is 37.4 Å². The largest absolute Gasteiger partial charge is 0.396 e. The smallest absolute Gasteiger partial charge is 0.0914 e. The van der Waals surface area contributed by atoms with Crippen molar-refractivity contribution >= 4 is 15.9 Å². The molecule has 0 aromatic heterocycles. The van der Waals surface area contributed by atoms with E-state index in [2.05, 4.69) is 21.2 Å². The Morgan fingerprint density at radius 3 is 2.68 bits per heavy atom. The van der Waals surface area contributed by atoms with Crippen molar-refractivity contribution in [3.05, 3.63) is 34.3 Å². The molecule has 0 spiro atoms. The standard InChI is InChI=1S/C15H22BrNO2/c16-13-5-3-4-12(8-13)14(19)9-17-10-15(11-18)6-1-2-7-15/h3-5,8,14,17-19H,1-2,6-7,9-11H2. The molecule has 3 N–H and O–H groups in total. The van der Waals surface area contributed by atoms with Crippen molar-refractivity contribution in [3.63, 3.8) is 0 Å². The van der Waals surface area contributed by atoms with E-state index in [0.717, 1.165) is 29.4 Å². The Kier molecular flexibility index (Phi) is 5.39. The van der Waals surface area contributed by atoms with Crippen LogP contribution in [-0.4, -0.2) is 29.9 Å². The van der Waals surface area contributed by atoms with E-state index in [0.29, 0.717) is 6.54 Å². The van der Waals surface area contributed by atoms with Gasteiger partial charge in [-0.15, -0.1) is 0 Å². The van der Waals surface area contributed by atoms with Gasteiger partial charge >= 0.3 is 0 Å². The summed E-state index contributed by atoms with van der Waals surface area (Å²) in [7, 11) is 0. The number of rotatable bonds is 6. The minimum atomic E-state index is -0.505. The Morgan fingerprint density at radius 1 is 1.32 bits per heavy atom. The van der Waals surface area contributed by atoms with Crippen LogP contribution in [0.4, 0.5) is 0 Å². The first-order valence-corrected chi connectivity index (χ1v) is 7.70. The van der Waals surface area contributed by atoms with E-state index in [9.17, 15) is 10.2 Å². The van der Waals surface area contributed by atoms with Gasteiger partial charge in [0.2, 0.25) is 0 Å². The van der Waals surface area contributed by atoms with E-state index in [-0.39, 0.29) is 12.0 Å². The van der Waals surface area contributed by atoms with E-state index in [1.807, 2.05) is 24.3 Å². The summed E-state index contributed by atoms with van der Waals surface area (Å²) in [5.74, 6) is 0. The lowest BCUT2D eigenvalue weighted by atomic mass is 9.87. The molecule has 19 heavy (non-hydrogen) atoms. The second kappa shape index (κ2) is 6.84. The first kappa shape index (κ1) is 15.0. The number of aliphatic hydroxyl groups excluding tert-OH is 2. The molecule has 106 valence electrons. The van der Waals surface area contributed by atoms with Crippen molar-refractivity contribution in [2.45, 2.75) is 31.8 Å². The van der Waals surface area contributed by atoms with Crippen LogP contribution >= 0.6 is 15.9 Å². The summed E-state index contributed by atoms with van der Waals surface area (Å²) in [6, 6.07) is 7.73. The number of halogens is 1. The molecule has 1 aliphatic carbocycles. The molecule has 0 heterocycles. The van der Waals surface area contributed by atoms with Crippen LogP contribution < -0.4 is 5.32 Å². The molecule has 1 saturated carbocycles. The maximum Gasteiger partial charge on any atom is 0.0914 e. The zero-order chi connectivity index (χ0) is 13.7. The minimum absolute atomic E-state index is 0.0387. The first-order chi connectivity index (χ1) is 9.15. The molecule has 1 fully saturated rings. The monoisotopic (exact) mass is 327 g/mol. The summed E-state index contributed by atoms with van der Waals surface area (Å²) in [5.41, 5.74) is 0.947. The topological polar surface area (TPSA) is 52.5 Å². The lowest BCUT2D eigenvalue weighted by Crippen LogP contribution is -2.37. The molecule has 1 aliphatic rings. The molecule has 4 heteroatoms. The molecule has 2 rings (SSSR count). The highest BCUT2D eigenvalue weighted by atomic mass is 79.9. The molecule has 1 atom stereocenters. The van der Waals surface area contributed by atoms with Crippen molar-refractivity contribution in [1.29, 1.82) is 0 Å². The highest BCUT2D eigenvalue weighted by molar-refractivity contribution is 9.10. The zero-order valence-corrected chi connectivity index (χ0v) is 12.7. The van der Waals surface area contributed by atoms with Gasteiger partial charge in [0.1, 0.15) is 0 Å². The van der Waals surface area contributed by atoms with Crippen molar-refractivity contribution in [3.8, 4) is 0 Å². The Morgan fingerprint density at radius 2 is 2.05 bits per heavy atom. The molecule has 3 nitrogen and oxygen atoms in total. The van der Waals surface area contributed by atoms with Crippen LogP contribution in [0.3, 0.4) is 0 Å². The second-order valence-electron chi connectivity index (χ2n) is 5.57. The lowest BCUT2D eigenvalue weighted by molar-refractivity contribution is 0.117. The third-order valence-corrected chi connectivity index (χ3v) is 4.56. The average molecular weight is 328 g/mol. The fraction of sp³-hybridized carbons (Fsp3) is 0.600. The second-order valence-corrected chi connectivity index (χ2v) is 6.48. The van der Waals surface area contributed by atoms with E-state index in [1.165, 1.54) is 12.8 Å². The maximum atomic E-state index is 10.1. The number of benzene rings is 1. The normalized spacial score (nSPS) is 19.5. The number of aliphatic hydroxyl groups is 2. The van der Waals surface area contributed by atoms with Gasteiger partial charge in [0.05, 0.1) is 6.10 Å². The predicted molar refractivity (Wildman–Crippen MR) is 80.0 cm³/mol. The fourth-order valence-electron chi connectivity index (χ4n) is 2.82. The SMILES string of the molecule is OCC1(CNCC(O)c2cccc(Br)c2)CCCC1. The Labute approximate surface area is 123 Å². The Bertz CT molecular complexity index is 405. The lowest BCUT2D eigenvalue weighted by Gasteiger charge is -2.27. The van der Waals surface area contributed by atoms with E-state index in [4.69, 9.17) is 0 Å². The summed E-state index contributed by atoms with van der Waals surface area (Å²) >= 11 is 3.41.